The molecule has 4 rings (SSSR count). The Balaban J connectivity index is 0.00000256. The lowest BCUT2D eigenvalue weighted by Gasteiger charge is -2.26. The molecule has 156 valence electrons. The Bertz CT molecular complexity index is 1020. The molecule has 0 fully saturated rings. The monoisotopic (exact) mass is 516 g/mol. The van der Waals surface area contributed by atoms with Gasteiger partial charge in [0.1, 0.15) is 5.82 Å². The molecule has 1 aliphatic rings. The number of aliphatic imine (C=N–C) groups is 1. The molecule has 1 amide bonds. The topological polar surface area (TPSA) is 94.2 Å². The number of hydrogen-bond donors (Lipinski definition) is 4. The van der Waals surface area contributed by atoms with Crippen molar-refractivity contribution in [2.24, 2.45) is 4.99 Å². The number of halogens is 1. The van der Waals surface area contributed by atoms with Gasteiger partial charge < -0.3 is 20.9 Å². The van der Waals surface area contributed by atoms with Crippen molar-refractivity contribution >= 4 is 41.5 Å². The number of H-pyrrole nitrogens is 1. The third-order valence-corrected chi connectivity index (χ3v) is 4.98. The Hall–Kier alpha value is -2.88. The lowest BCUT2D eigenvalue weighted by Crippen LogP contribution is -2.40. The van der Waals surface area contributed by atoms with Gasteiger partial charge in [0.15, 0.2) is 5.96 Å². The van der Waals surface area contributed by atoms with Gasteiger partial charge in [0.05, 0.1) is 18.4 Å². The smallest absolute Gasteiger partial charge is 0.225 e. The Morgan fingerprint density at radius 3 is 2.70 bits per heavy atom. The van der Waals surface area contributed by atoms with Crippen LogP contribution >= 0.6 is 24.0 Å². The maximum atomic E-state index is 12.0. The van der Waals surface area contributed by atoms with Gasteiger partial charge in [0.2, 0.25) is 5.91 Å². The number of benzene rings is 2. The zero-order chi connectivity index (χ0) is 20.1. The summed E-state index contributed by atoms with van der Waals surface area (Å²) in [5.41, 5.74) is 4.12. The normalized spacial score (nSPS) is 15.6. The van der Waals surface area contributed by atoms with Crippen molar-refractivity contribution in [1.82, 2.24) is 20.6 Å². The molecule has 8 heteroatoms. The second-order valence-electron chi connectivity index (χ2n) is 6.95. The highest BCUT2D eigenvalue weighted by atomic mass is 127. The number of aromatic amines is 1. The van der Waals surface area contributed by atoms with Gasteiger partial charge >= 0.3 is 0 Å². The van der Waals surface area contributed by atoms with Crippen LogP contribution in [0.5, 0.6) is 0 Å². The van der Waals surface area contributed by atoms with Gasteiger partial charge in [0.25, 0.3) is 0 Å². The molecule has 1 unspecified atom stereocenters. The minimum Gasteiger partial charge on any atom is -0.356 e. The second-order valence-corrected chi connectivity index (χ2v) is 6.95. The number of guanidine groups is 1. The highest BCUT2D eigenvalue weighted by Crippen LogP contribution is 2.31. The Morgan fingerprint density at radius 1 is 1.13 bits per heavy atom. The second kappa shape index (κ2) is 10.2. The first-order chi connectivity index (χ1) is 14.2. The fourth-order valence-corrected chi connectivity index (χ4v) is 3.51. The first kappa shape index (κ1) is 21.8. The van der Waals surface area contributed by atoms with Crippen LogP contribution in [0.4, 0.5) is 5.69 Å². The molecule has 1 aromatic heterocycles. The van der Waals surface area contributed by atoms with Crippen molar-refractivity contribution < 1.29 is 4.79 Å². The molecule has 2 heterocycles. The number of imidazole rings is 1. The summed E-state index contributed by atoms with van der Waals surface area (Å²) in [7, 11) is 1.73. The molecule has 0 aliphatic carbocycles. The molecule has 0 bridgehead atoms. The average Bonchev–Trinajstić information content (AvgIpc) is 3.23. The van der Waals surface area contributed by atoms with Crippen LogP contribution < -0.4 is 16.0 Å². The summed E-state index contributed by atoms with van der Waals surface area (Å²) in [6.07, 6.45) is 2.29. The van der Waals surface area contributed by atoms with Crippen molar-refractivity contribution in [3.63, 3.8) is 0 Å². The van der Waals surface area contributed by atoms with Crippen LogP contribution in [0.25, 0.3) is 11.3 Å². The van der Waals surface area contributed by atoms with Crippen LogP contribution in [-0.4, -0.2) is 35.4 Å². The van der Waals surface area contributed by atoms with E-state index in [1.807, 2.05) is 54.7 Å². The van der Waals surface area contributed by atoms with E-state index < -0.39 is 0 Å². The molecule has 30 heavy (non-hydrogen) atoms. The minimum absolute atomic E-state index is 0. The molecular formula is C22H25IN6O. The zero-order valence-electron chi connectivity index (χ0n) is 16.7. The number of hydrogen-bond acceptors (Lipinski definition) is 3. The minimum atomic E-state index is 0. The number of nitrogens with zero attached hydrogens (tertiary/aromatic N) is 2. The molecule has 1 atom stereocenters. The van der Waals surface area contributed by atoms with Crippen molar-refractivity contribution in [1.29, 1.82) is 0 Å². The number of nitrogens with one attached hydrogen (secondary N) is 4. The quantitative estimate of drug-likeness (QED) is 0.237. The van der Waals surface area contributed by atoms with Crippen LogP contribution in [0.15, 0.2) is 65.8 Å². The highest BCUT2D eigenvalue weighted by Gasteiger charge is 2.24. The molecule has 1 aliphatic heterocycles. The van der Waals surface area contributed by atoms with Crippen LogP contribution in [0.1, 0.15) is 23.7 Å². The van der Waals surface area contributed by atoms with E-state index in [9.17, 15) is 4.79 Å². The molecule has 0 saturated heterocycles. The largest absolute Gasteiger partial charge is 0.356 e. The summed E-state index contributed by atoms with van der Waals surface area (Å²) in [6, 6.07) is 18.0. The fraction of sp³-hybridized carbons (Fsp3) is 0.227. The Morgan fingerprint density at radius 2 is 1.90 bits per heavy atom. The molecule has 2 aromatic carbocycles. The average molecular weight is 516 g/mol. The van der Waals surface area contributed by atoms with Crippen LogP contribution in [0.2, 0.25) is 0 Å². The van der Waals surface area contributed by atoms with Crippen molar-refractivity contribution in [3.05, 3.63) is 72.2 Å². The summed E-state index contributed by atoms with van der Waals surface area (Å²) in [4.78, 5) is 24.0. The van der Waals surface area contributed by atoms with Crippen LogP contribution in [0.3, 0.4) is 0 Å². The number of carbonyl (C=O) groups is 1. The molecular weight excluding hydrogens is 491 g/mol. The maximum Gasteiger partial charge on any atom is 0.225 e. The van der Waals surface area contributed by atoms with Crippen molar-refractivity contribution in [2.45, 2.75) is 18.9 Å². The van der Waals surface area contributed by atoms with E-state index in [0.717, 1.165) is 28.3 Å². The predicted octanol–water partition coefficient (Wildman–Crippen LogP) is 3.49. The van der Waals surface area contributed by atoms with E-state index in [-0.39, 0.29) is 35.8 Å². The number of anilines is 1. The van der Waals surface area contributed by atoms with Crippen molar-refractivity contribution in [2.75, 3.05) is 18.9 Å². The van der Waals surface area contributed by atoms with Gasteiger partial charge in [-0.3, -0.25) is 9.79 Å². The first-order valence-corrected chi connectivity index (χ1v) is 9.65. The molecule has 0 radical (unpaired) electrons. The summed E-state index contributed by atoms with van der Waals surface area (Å²) >= 11 is 0. The van der Waals surface area contributed by atoms with Gasteiger partial charge in [-0.1, -0.05) is 48.5 Å². The third kappa shape index (κ3) is 5.18. The Kier molecular flexibility index (Phi) is 7.45. The van der Waals surface area contributed by atoms with E-state index in [1.165, 1.54) is 0 Å². The Labute approximate surface area is 192 Å². The highest BCUT2D eigenvalue weighted by molar-refractivity contribution is 14.0. The van der Waals surface area contributed by atoms with E-state index >= 15 is 0 Å². The van der Waals surface area contributed by atoms with Crippen LogP contribution in [0, 0.1) is 0 Å². The summed E-state index contributed by atoms with van der Waals surface area (Å²) < 4.78 is 0. The van der Waals surface area contributed by atoms with Crippen molar-refractivity contribution in [3.8, 4) is 11.3 Å². The molecule has 0 saturated carbocycles. The number of rotatable bonds is 5. The summed E-state index contributed by atoms with van der Waals surface area (Å²) in [5.74, 6) is 1.65. The van der Waals surface area contributed by atoms with Gasteiger partial charge in [-0.25, -0.2) is 4.98 Å². The van der Waals surface area contributed by atoms with E-state index in [4.69, 9.17) is 0 Å². The number of amides is 1. The third-order valence-electron chi connectivity index (χ3n) is 4.98. The first-order valence-electron chi connectivity index (χ1n) is 9.65. The van der Waals surface area contributed by atoms with Gasteiger partial charge in [-0.2, -0.15) is 0 Å². The number of carbonyl (C=O) groups excluding carboxylic acids is 1. The van der Waals surface area contributed by atoms with E-state index in [1.54, 1.807) is 7.05 Å². The van der Waals surface area contributed by atoms with E-state index in [2.05, 4.69) is 37.0 Å². The molecule has 0 spiro atoms. The molecule has 3 aromatic rings. The number of aromatic nitrogens is 2. The number of para-hydroxylation sites is 1. The zero-order valence-corrected chi connectivity index (χ0v) is 19.0. The molecule has 4 N–H and O–H groups in total. The predicted molar refractivity (Wildman–Crippen MR) is 130 cm³/mol. The maximum absolute atomic E-state index is 12.0. The lowest BCUT2D eigenvalue weighted by atomic mass is 9.90. The fourth-order valence-electron chi connectivity index (χ4n) is 3.51. The molecule has 7 nitrogen and oxygen atoms in total. The number of fused-ring (bicyclic) bond motifs is 1. The standard InChI is InChI=1S/C22H24N6O.HI/c1-23-22(25-12-16-11-21(29)28-18-10-6-5-9-17(16)18)26-14-20-24-13-19(27-20)15-7-3-2-4-8-15;/h2-10,13,16H,11-12,14H2,1H3,(H,24,27)(H,28,29)(H2,23,25,26);1H. The van der Waals surface area contributed by atoms with Gasteiger partial charge in [-0.05, 0) is 17.2 Å². The van der Waals surface area contributed by atoms with Gasteiger partial charge in [-0.15, -0.1) is 24.0 Å². The SMILES string of the molecule is CN=C(NCc1ncc(-c2ccccc2)[nH]1)NCC1CC(=O)Nc2ccccc21.I. The van der Waals surface area contributed by atoms with Gasteiger partial charge in [0, 0.05) is 31.6 Å². The summed E-state index contributed by atoms with van der Waals surface area (Å²) in [5, 5.41) is 9.53. The lowest BCUT2D eigenvalue weighted by molar-refractivity contribution is -0.116. The summed E-state index contributed by atoms with van der Waals surface area (Å²) in [6.45, 7) is 1.14. The van der Waals surface area contributed by atoms with Crippen LogP contribution in [-0.2, 0) is 11.3 Å². The van der Waals surface area contributed by atoms with E-state index in [0.29, 0.717) is 25.5 Å².